The molecule has 11 heteroatoms. The molecule has 1 N–H and O–H groups in total. The Morgan fingerprint density at radius 2 is 1.26 bits per heavy atom. The van der Waals surface area contributed by atoms with Crippen LogP contribution in [0.4, 0.5) is 0 Å². The molecule has 0 fully saturated rings. The first-order valence-electron chi connectivity index (χ1n) is 6.55. The number of carbonyl (C=O) groups is 3. The van der Waals surface area contributed by atoms with Gasteiger partial charge in [-0.2, -0.15) is 50.5 Å². The third kappa shape index (κ3) is 19.7. The standard InChI is InChI=1S/C8H14O4S2.C4H8O3S2/c9-7(1-5-13)11-3-4-12-8(10)2-6-14;5-1-2-7-3(6)4(8)9/h13-14H,1-6H2;4-5,8-9H,1-2H2. The normalized spacial score (nSPS) is 9.65. The van der Waals surface area contributed by atoms with E-state index < -0.39 is 10.6 Å². The van der Waals surface area contributed by atoms with Gasteiger partial charge in [-0.15, -0.1) is 0 Å². The van der Waals surface area contributed by atoms with E-state index >= 15 is 0 Å². The van der Waals surface area contributed by atoms with E-state index in [0.717, 1.165) is 0 Å². The van der Waals surface area contributed by atoms with Gasteiger partial charge in [-0.25, -0.2) is 4.79 Å². The Morgan fingerprint density at radius 3 is 1.57 bits per heavy atom. The SMILES string of the molecule is O=C(CCS)OCCOC(=O)CCS.O=C(OCCO)C(S)S. The zero-order chi connectivity index (χ0) is 18.1. The van der Waals surface area contributed by atoms with Crippen LogP contribution < -0.4 is 0 Å². The van der Waals surface area contributed by atoms with E-state index in [4.69, 9.17) is 14.6 Å². The van der Waals surface area contributed by atoms with Gasteiger partial charge in [-0.05, 0) is 0 Å². The van der Waals surface area contributed by atoms with Crippen LogP contribution in [0.5, 0.6) is 0 Å². The van der Waals surface area contributed by atoms with E-state index in [1.807, 2.05) is 0 Å². The van der Waals surface area contributed by atoms with Crippen LogP contribution >= 0.6 is 50.5 Å². The molecule has 0 aliphatic heterocycles. The highest BCUT2D eigenvalue weighted by atomic mass is 32.2. The summed E-state index contributed by atoms with van der Waals surface area (Å²) in [7, 11) is 0. The summed E-state index contributed by atoms with van der Waals surface area (Å²) in [6, 6.07) is 0. The van der Waals surface area contributed by atoms with Crippen molar-refractivity contribution in [3.63, 3.8) is 0 Å². The molecule has 0 atom stereocenters. The minimum Gasteiger partial charge on any atom is -0.462 e. The number of aliphatic hydroxyl groups excluding tert-OH is 1. The fourth-order valence-corrected chi connectivity index (χ4v) is 1.37. The van der Waals surface area contributed by atoms with Crippen molar-refractivity contribution in [3.05, 3.63) is 0 Å². The molecule has 0 aliphatic carbocycles. The molecule has 7 nitrogen and oxygen atoms in total. The van der Waals surface area contributed by atoms with E-state index in [1.54, 1.807) is 0 Å². The van der Waals surface area contributed by atoms with Gasteiger partial charge in [0.05, 0.1) is 19.4 Å². The average molecular weight is 407 g/mol. The highest BCUT2D eigenvalue weighted by Gasteiger charge is 2.08. The van der Waals surface area contributed by atoms with E-state index in [0.29, 0.717) is 11.5 Å². The van der Waals surface area contributed by atoms with Gasteiger partial charge in [0.15, 0.2) is 0 Å². The predicted octanol–water partition coefficient (Wildman–Crippen LogP) is 0.420. The Hall–Kier alpha value is -0.230. The lowest BCUT2D eigenvalue weighted by molar-refractivity contribution is -0.151. The summed E-state index contributed by atoms with van der Waals surface area (Å²) < 4.78 is 13.2. The van der Waals surface area contributed by atoms with Crippen molar-refractivity contribution in [1.29, 1.82) is 0 Å². The van der Waals surface area contributed by atoms with E-state index in [9.17, 15) is 14.4 Å². The van der Waals surface area contributed by atoms with Crippen LogP contribution in [0.25, 0.3) is 0 Å². The van der Waals surface area contributed by atoms with Gasteiger partial charge >= 0.3 is 17.9 Å². The summed E-state index contributed by atoms with van der Waals surface area (Å²) in [5.74, 6) is -0.275. The van der Waals surface area contributed by atoms with Gasteiger partial charge in [-0.3, -0.25) is 9.59 Å². The predicted molar refractivity (Wildman–Crippen MR) is 98.7 cm³/mol. The van der Waals surface area contributed by atoms with Crippen molar-refractivity contribution in [1.82, 2.24) is 0 Å². The van der Waals surface area contributed by atoms with Gasteiger partial charge in [0.1, 0.15) is 24.4 Å². The molecule has 23 heavy (non-hydrogen) atoms. The number of aliphatic hydroxyl groups is 1. The average Bonchev–Trinajstić information content (AvgIpc) is 2.50. The molecular weight excluding hydrogens is 384 g/mol. The molecule has 0 heterocycles. The lowest BCUT2D eigenvalue weighted by Gasteiger charge is -2.04. The third-order valence-corrected chi connectivity index (χ3v) is 2.66. The Bertz CT molecular complexity index is 319. The maximum absolute atomic E-state index is 10.8. The molecule has 0 saturated carbocycles. The molecule has 0 unspecified atom stereocenters. The molecule has 0 saturated heterocycles. The number of hydrogen-bond donors (Lipinski definition) is 5. The maximum Gasteiger partial charge on any atom is 0.328 e. The molecular formula is C12H22O7S4. The molecule has 0 amide bonds. The van der Waals surface area contributed by atoms with E-state index in [1.165, 1.54) is 0 Å². The molecule has 0 aliphatic rings. The summed E-state index contributed by atoms with van der Waals surface area (Å²) in [6.45, 7) is 0.0479. The van der Waals surface area contributed by atoms with Crippen molar-refractivity contribution < 1.29 is 33.7 Å². The Balaban J connectivity index is 0. The summed E-state index contributed by atoms with van der Waals surface area (Å²) in [5, 5.41) is 8.17. The first kappa shape index (κ1) is 25.0. The largest absolute Gasteiger partial charge is 0.462 e. The van der Waals surface area contributed by atoms with Crippen molar-refractivity contribution in [3.8, 4) is 0 Å². The van der Waals surface area contributed by atoms with Gasteiger partial charge in [0.2, 0.25) is 0 Å². The van der Waals surface area contributed by atoms with Gasteiger partial charge in [-0.1, -0.05) is 0 Å². The van der Waals surface area contributed by atoms with Crippen LogP contribution in [0.2, 0.25) is 0 Å². The van der Waals surface area contributed by atoms with Crippen molar-refractivity contribution in [2.75, 3.05) is 37.9 Å². The fraction of sp³-hybridized carbons (Fsp3) is 0.750. The van der Waals surface area contributed by atoms with Gasteiger partial charge < -0.3 is 19.3 Å². The number of hydrogen-bond acceptors (Lipinski definition) is 11. The smallest absolute Gasteiger partial charge is 0.328 e. The van der Waals surface area contributed by atoms with Gasteiger partial charge in [0, 0.05) is 11.5 Å². The van der Waals surface area contributed by atoms with Crippen LogP contribution in [0, 0.1) is 0 Å². The number of carbonyl (C=O) groups excluding carboxylic acids is 3. The molecule has 0 spiro atoms. The van der Waals surface area contributed by atoms with Crippen LogP contribution in [0.15, 0.2) is 0 Å². The third-order valence-electron chi connectivity index (χ3n) is 1.79. The zero-order valence-electron chi connectivity index (χ0n) is 12.4. The summed E-state index contributed by atoms with van der Waals surface area (Å²) >= 11 is 15.1. The van der Waals surface area contributed by atoms with Crippen molar-refractivity contribution in [2.24, 2.45) is 0 Å². The molecule has 0 bridgehead atoms. The lowest BCUT2D eigenvalue weighted by Crippen LogP contribution is -2.14. The van der Waals surface area contributed by atoms with Crippen molar-refractivity contribution >= 4 is 68.4 Å². The molecule has 0 aromatic rings. The topological polar surface area (TPSA) is 99.1 Å². The molecule has 136 valence electrons. The minimum absolute atomic E-state index is 0.0104. The van der Waals surface area contributed by atoms with Crippen molar-refractivity contribution in [2.45, 2.75) is 17.4 Å². The van der Waals surface area contributed by atoms with E-state index in [-0.39, 0.29) is 51.2 Å². The lowest BCUT2D eigenvalue weighted by atomic mass is 10.5. The maximum atomic E-state index is 10.8. The highest BCUT2D eigenvalue weighted by molar-refractivity contribution is 8.00. The fourth-order valence-electron chi connectivity index (χ4n) is 0.859. The van der Waals surface area contributed by atoms with Crippen LogP contribution in [0.3, 0.4) is 0 Å². The number of esters is 3. The number of ether oxygens (including phenoxy) is 3. The number of rotatable bonds is 10. The zero-order valence-corrected chi connectivity index (χ0v) is 16.0. The van der Waals surface area contributed by atoms with Crippen LogP contribution in [0.1, 0.15) is 12.8 Å². The summed E-state index contributed by atoms with van der Waals surface area (Å²) in [4.78, 5) is 32.0. The molecule has 0 aromatic carbocycles. The number of thiol groups is 4. The minimum atomic E-state index is -0.712. The summed E-state index contributed by atoms with van der Waals surface area (Å²) in [5.41, 5.74) is 0. The Labute approximate surface area is 157 Å². The van der Waals surface area contributed by atoms with Crippen LogP contribution in [-0.4, -0.2) is 65.5 Å². The first-order valence-corrected chi connectivity index (χ1v) is 8.85. The van der Waals surface area contributed by atoms with E-state index in [2.05, 4.69) is 55.3 Å². The summed E-state index contributed by atoms with van der Waals surface area (Å²) in [6.07, 6.45) is 0.543. The van der Waals surface area contributed by atoms with Crippen LogP contribution in [-0.2, 0) is 28.6 Å². The molecule has 0 radical (unpaired) electrons. The second-order valence-electron chi connectivity index (χ2n) is 3.65. The Kier molecular flexibility index (Phi) is 19.7. The Morgan fingerprint density at radius 1 is 0.826 bits per heavy atom. The second kappa shape index (κ2) is 18.1. The van der Waals surface area contributed by atoms with Gasteiger partial charge in [0.25, 0.3) is 0 Å². The molecule has 0 rings (SSSR count). The molecule has 0 aromatic heterocycles. The first-order chi connectivity index (χ1) is 10.9. The monoisotopic (exact) mass is 406 g/mol. The quantitative estimate of drug-likeness (QED) is 0.118. The second-order valence-corrected chi connectivity index (χ2v) is 5.99. The highest BCUT2D eigenvalue weighted by Crippen LogP contribution is 2.01.